The summed E-state index contributed by atoms with van der Waals surface area (Å²) in [5.74, 6) is 0.186. The zero-order valence-corrected chi connectivity index (χ0v) is 11.8. The van der Waals surface area contributed by atoms with Gasteiger partial charge in [0.15, 0.2) is 0 Å². The van der Waals surface area contributed by atoms with E-state index in [-0.39, 0.29) is 17.4 Å². The first-order valence-corrected chi connectivity index (χ1v) is 6.38. The van der Waals surface area contributed by atoms with Crippen LogP contribution in [0, 0.1) is 12.3 Å². The molecule has 2 nitrogen and oxygen atoms in total. The number of nitrogens with zero attached hydrogens (tertiary/aromatic N) is 1. The van der Waals surface area contributed by atoms with Crippen LogP contribution >= 0.6 is 11.3 Å². The summed E-state index contributed by atoms with van der Waals surface area (Å²) >= 11 is 1.76. The van der Waals surface area contributed by atoms with Crippen LogP contribution in [0.15, 0.2) is 12.1 Å². The summed E-state index contributed by atoms with van der Waals surface area (Å²) in [6.07, 6.45) is 0. The Morgan fingerprint density at radius 1 is 1.38 bits per heavy atom. The van der Waals surface area contributed by atoms with Gasteiger partial charge in [0, 0.05) is 22.2 Å². The maximum absolute atomic E-state index is 12.1. The fraction of sp³-hybridized carbons (Fsp3) is 0.615. The molecule has 1 heterocycles. The molecule has 0 spiro atoms. The van der Waals surface area contributed by atoms with E-state index in [0.29, 0.717) is 0 Å². The average molecular weight is 239 g/mol. The number of hydrogen-bond donors (Lipinski definition) is 0. The van der Waals surface area contributed by atoms with Crippen molar-refractivity contribution < 1.29 is 4.79 Å². The number of amides is 1. The minimum Gasteiger partial charge on any atom is -0.338 e. The first kappa shape index (κ1) is 13.2. The van der Waals surface area contributed by atoms with Gasteiger partial charge in [0.25, 0.3) is 0 Å². The van der Waals surface area contributed by atoms with E-state index in [0.717, 1.165) is 0 Å². The van der Waals surface area contributed by atoms with Crippen molar-refractivity contribution in [2.75, 3.05) is 7.05 Å². The van der Waals surface area contributed by atoms with Crippen molar-refractivity contribution in [2.45, 2.75) is 40.7 Å². The quantitative estimate of drug-likeness (QED) is 0.772. The van der Waals surface area contributed by atoms with Crippen molar-refractivity contribution in [1.82, 2.24) is 4.90 Å². The van der Waals surface area contributed by atoms with Gasteiger partial charge in [-0.3, -0.25) is 4.79 Å². The molecule has 0 aliphatic carbocycles. The molecule has 1 amide bonds. The van der Waals surface area contributed by atoms with Crippen LogP contribution < -0.4 is 0 Å². The van der Waals surface area contributed by atoms with E-state index in [1.54, 1.807) is 11.3 Å². The van der Waals surface area contributed by atoms with E-state index in [1.807, 2.05) is 32.7 Å². The summed E-state index contributed by atoms with van der Waals surface area (Å²) in [7, 11) is 1.88. The molecule has 0 bridgehead atoms. The number of carbonyl (C=O) groups excluding carboxylic acids is 1. The van der Waals surface area contributed by atoms with E-state index in [9.17, 15) is 4.79 Å². The maximum atomic E-state index is 12.1. The second kappa shape index (κ2) is 4.58. The molecule has 3 heteroatoms. The van der Waals surface area contributed by atoms with Crippen LogP contribution in [-0.4, -0.2) is 17.9 Å². The molecule has 0 saturated heterocycles. The Morgan fingerprint density at radius 2 is 1.94 bits per heavy atom. The van der Waals surface area contributed by atoms with Crippen LogP contribution in [0.3, 0.4) is 0 Å². The number of rotatable bonds is 2. The number of thiophene rings is 1. The molecule has 90 valence electrons. The highest BCUT2D eigenvalue weighted by molar-refractivity contribution is 7.12. The van der Waals surface area contributed by atoms with Gasteiger partial charge >= 0.3 is 0 Å². The lowest BCUT2D eigenvalue weighted by atomic mass is 9.94. The lowest BCUT2D eigenvalue weighted by molar-refractivity contribution is -0.140. The third-order valence-corrected chi connectivity index (χ3v) is 3.89. The minimum absolute atomic E-state index is 0.158. The molecule has 1 atom stereocenters. The smallest absolute Gasteiger partial charge is 0.228 e. The zero-order valence-electron chi connectivity index (χ0n) is 11.0. The molecule has 0 fully saturated rings. The summed E-state index contributed by atoms with van der Waals surface area (Å²) in [4.78, 5) is 16.5. The van der Waals surface area contributed by atoms with Crippen molar-refractivity contribution in [1.29, 1.82) is 0 Å². The SMILES string of the molecule is Cc1ccc(C(C)N(C)C(=O)C(C)(C)C)s1. The number of hydrogen-bond acceptors (Lipinski definition) is 2. The predicted molar refractivity (Wildman–Crippen MR) is 69.7 cm³/mol. The molecular formula is C13H21NOS. The van der Waals surface area contributed by atoms with Crippen molar-refractivity contribution in [2.24, 2.45) is 5.41 Å². The highest BCUT2D eigenvalue weighted by Gasteiger charge is 2.28. The zero-order chi connectivity index (χ0) is 12.5. The molecule has 16 heavy (non-hydrogen) atoms. The van der Waals surface area contributed by atoms with Gasteiger partial charge in [-0.1, -0.05) is 20.8 Å². The number of carbonyl (C=O) groups is 1. The molecule has 0 N–H and O–H groups in total. The molecule has 0 radical (unpaired) electrons. The van der Waals surface area contributed by atoms with Crippen LogP contribution in [0.4, 0.5) is 0 Å². The molecule has 1 rings (SSSR count). The van der Waals surface area contributed by atoms with Crippen LogP contribution in [0.2, 0.25) is 0 Å². The second-order valence-corrected chi connectivity index (χ2v) is 6.61. The van der Waals surface area contributed by atoms with Crippen LogP contribution in [0.1, 0.15) is 43.5 Å². The Morgan fingerprint density at radius 3 is 2.31 bits per heavy atom. The monoisotopic (exact) mass is 239 g/mol. The van der Waals surface area contributed by atoms with Gasteiger partial charge in [-0.2, -0.15) is 0 Å². The summed E-state index contributed by atoms with van der Waals surface area (Å²) in [6, 6.07) is 4.37. The Balaban J connectivity index is 2.82. The maximum Gasteiger partial charge on any atom is 0.228 e. The van der Waals surface area contributed by atoms with Crippen LogP contribution in [-0.2, 0) is 4.79 Å². The second-order valence-electron chi connectivity index (χ2n) is 5.29. The molecular weight excluding hydrogens is 218 g/mol. The lowest BCUT2D eigenvalue weighted by Crippen LogP contribution is -2.38. The molecule has 1 unspecified atom stereocenters. The minimum atomic E-state index is -0.310. The molecule has 0 aliphatic rings. The van der Waals surface area contributed by atoms with E-state index in [1.165, 1.54) is 9.75 Å². The van der Waals surface area contributed by atoms with Gasteiger partial charge in [-0.15, -0.1) is 11.3 Å². The highest BCUT2D eigenvalue weighted by atomic mass is 32.1. The van der Waals surface area contributed by atoms with Gasteiger partial charge in [-0.25, -0.2) is 0 Å². The molecule has 1 aromatic heterocycles. The Labute approximate surface area is 102 Å². The summed E-state index contributed by atoms with van der Waals surface area (Å²) < 4.78 is 0. The normalized spacial score (nSPS) is 13.6. The average Bonchev–Trinajstić information content (AvgIpc) is 2.60. The van der Waals surface area contributed by atoms with Crippen molar-refractivity contribution in [3.05, 3.63) is 21.9 Å². The van der Waals surface area contributed by atoms with Gasteiger partial charge < -0.3 is 4.90 Å². The third-order valence-electron chi connectivity index (χ3n) is 2.72. The van der Waals surface area contributed by atoms with Gasteiger partial charge in [0.05, 0.1) is 6.04 Å². The first-order chi connectivity index (χ1) is 7.23. The standard InChI is InChI=1S/C13H21NOS/c1-9-7-8-11(16-9)10(2)14(6)12(15)13(3,4)5/h7-8,10H,1-6H3. The Bertz CT molecular complexity index is 376. The summed E-state index contributed by atoms with van der Waals surface area (Å²) in [5.41, 5.74) is -0.310. The topological polar surface area (TPSA) is 20.3 Å². The lowest BCUT2D eigenvalue weighted by Gasteiger charge is -2.30. The van der Waals surface area contributed by atoms with Crippen molar-refractivity contribution in [3.63, 3.8) is 0 Å². The number of aryl methyl sites for hydroxylation is 1. The summed E-state index contributed by atoms with van der Waals surface area (Å²) in [6.45, 7) is 10.0. The van der Waals surface area contributed by atoms with Crippen LogP contribution in [0.25, 0.3) is 0 Å². The van der Waals surface area contributed by atoms with E-state index >= 15 is 0 Å². The van der Waals surface area contributed by atoms with E-state index < -0.39 is 0 Å². The fourth-order valence-electron chi connectivity index (χ4n) is 1.57. The largest absolute Gasteiger partial charge is 0.338 e. The van der Waals surface area contributed by atoms with E-state index in [4.69, 9.17) is 0 Å². The molecule has 1 aromatic rings. The predicted octanol–water partition coefficient (Wildman–Crippen LogP) is 3.62. The van der Waals surface area contributed by atoms with E-state index in [2.05, 4.69) is 26.0 Å². The van der Waals surface area contributed by atoms with Gasteiger partial charge in [0.2, 0.25) is 5.91 Å². The first-order valence-electron chi connectivity index (χ1n) is 5.57. The molecule has 0 aliphatic heterocycles. The van der Waals surface area contributed by atoms with Crippen LogP contribution in [0.5, 0.6) is 0 Å². The van der Waals surface area contributed by atoms with Crippen molar-refractivity contribution >= 4 is 17.2 Å². The molecule has 0 aromatic carbocycles. The highest BCUT2D eigenvalue weighted by Crippen LogP contribution is 2.29. The Kier molecular flexibility index (Phi) is 3.79. The van der Waals surface area contributed by atoms with Gasteiger partial charge in [0.1, 0.15) is 0 Å². The van der Waals surface area contributed by atoms with Crippen molar-refractivity contribution in [3.8, 4) is 0 Å². The fourth-order valence-corrected chi connectivity index (χ4v) is 2.55. The Hall–Kier alpha value is -0.830. The molecule has 0 saturated carbocycles. The third kappa shape index (κ3) is 2.85. The van der Waals surface area contributed by atoms with Gasteiger partial charge in [-0.05, 0) is 26.0 Å². The summed E-state index contributed by atoms with van der Waals surface area (Å²) in [5, 5.41) is 0.